The lowest BCUT2D eigenvalue weighted by Gasteiger charge is -2.08. The van der Waals surface area contributed by atoms with Crippen LogP contribution in [-0.2, 0) is 4.74 Å². The van der Waals surface area contributed by atoms with E-state index in [-0.39, 0.29) is 22.3 Å². The van der Waals surface area contributed by atoms with Crippen molar-refractivity contribution in [2.75, 3.05) is 7.11 Å². The van der Waals surface area contributed by atoms with Crippen molar-refractivity contribution in [2.45, 2.75) is 0 Å². The van der Waals surface area contributed by atoms with E-state index in [0.717, 1.165) is 19.2 Å². The van der Waals surface area contributed by atoms with Gasteiger partial charge in [0, 0.05) is 17.8 Å². The van der Waals surface area contributed by atoms with Crippen LogP contribution < -0.4 is 5.56 Å². The maximum Gasteiger partial charge on any atom is 0.340 e. The first-order valence-corrected chi connectivity index (χ1v) is 5.78. The third kappa shape index (κ3) is 2.81. The number of methoxy groups -OCH3 is 1. The lowest BCUT2D eigenvalue weighted by molar-refractivity contribution is 0.0594. The summed E-state index contributed by atoms with van der Waals surface area (Å²) in [7, 11) is 1.11. The molecule has 0 spiro atoms. The number of hydrogen-bond acceptors (Lipinski definition) is 4. The molecule has 0 bridgehead atoms. The molecule has 0 amide bonds. The summed E-state index contributed by atoms with van der Waals surface area (Å²) in [4.78, 5) is 36.2. The van der Waals surface area contributed by atoms with Crippen LogP contribution in [0.3, 0.4) is 0 Å². The normalized spacial score (nSPS) is 10.2. The molecular formula is C14H10FNO5. The molecule has 0 radical (unpaired) electrons. The highest BCUT2D eigenvalue weighted by atomic mass is 19.1. The molecule has 0 saturated carbocycles. The highest BCUT2D eigenvalue weighted by Crippen LogP contribution is 2.24. The number of esters is 1. The number of carbonyl (C=O) groups excluding carboxylic acids is 1. The molecule has 0 saturated heterocycles. The van der Waals surface area contributed by atoms with Gasteiger partial charge in [-0.25, -0.2) is 14.0 Å². The number of hydrogen-bond donors (Lipinski definition) is 2. The Morgan fingerprint density at radius 2 is 1.95 bits per heavy atom. The fourth-order valence-electron chi connectivity index (χ4n) is 1.85. The molecule has 21 heavy (non-hydrogen) atoms. The quantitative estimate of drug-likeness (QED) is 0.838. The van der Waals surface area contributed by atoms with Crippen molar-refractivity contribution in [1.29, 1.82) is 0 Å². The summed E-state index contributed by atoms with van der Waals surface area (Å²) < 4.78 is 18.0. The van der Waals surface area contributed by atoms with Gasteiger partial charge in [0.15, 0.2) is 0 Å². The lowest BCUT2D eigenvalue weighted by atomic mass is 10.00. The Hall–Kier alpha value is -2.96. The zero-order valence-electron chi connectivity index (χ0n) is 10.8. The number of aromatic nitrogens is 1. The summed E-state index contributed by atoms with van der Waals surface area (Å²) >= 11 is 0. The van der Waals surface area contributed by atoms with E-state index in [1.54, 1.807) is 0 Å². The van der Waals surface area contributed by atoms with Crippen LogP contribution in [0.2, 0.25) is 0 Å². The predicted octanol–water partition coefficient (Wildman–Crippen LogP) is 1.67. The Kier molecular flexibility index (Phi) is 3.84. The largest absolute Gasteiger partial charge is 0.478 e. The zero-order chi connectivity index (χ0) is 15.6. The molecule has 0 aliphatic rings. The zero-order valence-corrected chi connectivity index (χ0v) is 10.8. The van der Waals surface area contributed by atoms with Crippen molar-refractivity contribution in [3.05, 3.63) is 57.8 Å². The topological polar surface area (TPSA) is 96.5 Å². The molecule has 0 atom stereocenters. The first-order valence-electron chi connectivity index (χ1n) is 5.78. The van der Waals surface area contributed by atoms with Crippen LogP contribution in [0.4, 0.5) is 4.39 Å². The van der Waals surface area contributed by atoms with Crippen LogP contribution >= 0.6 is 0 Å². The molecular weight excluding hydrogens is 281 g/mol. The van der Waals surface area contributed by atoms with Crippen molar-refractivity contribution < 1.29 is 23.8 Å². The minimum absolute atomic E-state index is 0.159. The molecule has 2 aromatic rings. The molecule has 7 heteroatoms. The van der Waals surface area contributed by atoms with Crippen molar-refractivity contribution >= 4 is 11.9 Å². The van der Waals surface area contributed by atoms with Gasteiger partial charge in [-0.15, -0.1) is 0 Å². The highest BCUT2D eigenvalue weighted by molar-refractivity contribution is 5.97. The number of halogens is 1. The second kappa shape index (κ2) is 5.58. The fourth-order valence-corrected chi connectivity index (χ4v) is 1.85. The third-order valence-electron chi connectivity index (χ3n) is 2.84. The summed E-state index contributed by atoms with van der Waals surface area (Å²) in [6.07, 6.45) is 1.19. The molecule has 0 aliphatic carbocycles. The van der Waals surface area contributed by atoms with E-state index in [2.05, 4.69) is 9.72 Å². The number of ether oxygens (including phenoxy) is 1. The predicted molar refractivity (Wildman–Crippen MR) is 70.8 cm³/mol. The number of benzene rings is 1. The monoisotopic (exact) mass is 291 g/mol. The van der Waals surface area contributed by atoms with Gasteiger partial charge in [0.1, 0.15) is 5.82 Å². The Morgan fingerprint density at radius 3 is 2.57 bits per heavy atom. The molecule has 2 rings (SSSR count). The molecule has 0 unspecified atom stereocenters. The first-order chi connectivity index (χ1) is 9.93. The molecule has 1 aromatic carbocycles. The maximum absolute atomic E-state index is 13.6. The Morgan fingerprint density at radius 1 is 1.24 bits per heavy atom. The average molecular weight is 291 g/mol. The van der Waals surface area contributed by atoms with E-state index in [4.69, 9.17) is 5.11 Å². The van der Waals surface area contributed by atoms with Gasteiger partial charge in [-0.1, -0.05) is 6.07 Å². The van der Waals surface area contributed by atoms with Gasteiger partial charge >= 0.3 is 11.9 Å². The van der Waals surface area contributed by atoms with Crippen LogP contribution in [0.1, 0.15) is 20.7 Å². The molecule has 6 nitrogen and oxygen atoms in total. The summed E-state index contributed by atoms with van der Waals surface area (Å²) in [5, 5.41) is 9.11. The summed E-state index contributed by atoms with van der Waals surface area (Å²) in [5.41, 5.74) is -0.720. The van der Waals surface area contributed by atoms with Crippen molar-refractivity contribution in [1.82, 2.24) is 4.98 Å². The van der Waals surface area contributed by atoms with Crippen molar-refractivity contribution in [3.8, 4) is 11.1 Å². The van der Waals surface area contributed by atoms with Crippen LogP contribution in [0.15, 0.2) is 35.3 Å². The fraction of sp³-hybridized carbons (Fsp3) is 0.0714. The number of carboxylic acid groups (broad SMARTS) is 1. The van der Waals surface area contributed by atoms with Gasteiger partial charge in [0.05, 0.1) is 18.2 Å². The summed E-state index contributed by atoms with van der Waals surface area (Å²) in [5.74, 6) is -2.97. The van der Waals surface area contributed by atoms with Crippen LogP contribution in [0.5, 0.6) is 0 Å². The van der Waals surface area contributed by atoms with Gasteiger partial charge < -0.3 is 14.8 Å². The lowest BCUT2D eigenvalue weighted by Crippen LogP contribution is -2.11. The van der Waals surface area contributed by atoms with E-state index < -0.39 is 23.3 Å². The molecule has 0 fully saturated rings. The van der Waals surface area contributed by atoms with Crippen molar-refractivity contribution in [3.63, 3.8) is 0 Å². The number of rotatable bonds is 3. The van der Waals surface area contributed by atoms with E-state index >= 15 is 0 Å². The Labute approximate surface area is 117 Å². The molecule has 108 valence electrons. The number of aromatic carboxylic acids is 1. The number of pyridine rings is 1. The van der Waals surface area contributed by atoms with Gasteiger partial charge in [0.2, 0.25) is 5.56 Å². The maximum atomic E-state index is 13.6. The number of H-pyrrole nitrogens is 1. The Balaban J connectivity index is 2.65. The highest BCUT2D eigenvalue weighted by Gasteiger charge is 2.17. The van der Waals surface area contributed by atoms with Crippen molar-refractivity contribution in [2.24, 2.45) is 0 Å². The van der Waals surface area contributed by atoms with Gasteiger partial charge in [-0.2, -0.15) is 0 Å². The van der Waals surface area contributed by atoms with E-state index in [1.807, 2.05) is 0 Å². The summed E-state index contributed by atoms with van der Waals surface area (Å²) in [6.45, 7) is 0. The average Bonchev–Trinajstić information content (AvgIpc) is 2.47. The van der Waals surface area contributed by atoms with Crippen LogP contribution in [-0.4, -0.2) is 29.1 Å². The molecule has 1 aromatic heterocycles. The minimum atomic E-state index is -1.31. The van der Waals surface area contributed by atoms with Gasteiger partial charge in [-0.3, -0.25) is 4.79 Å². The number of carboxylic acids is 1. The smallest absolute Gasteiger partial charge is 0.340 e. The second-order valence-electron chi connectivity index (χ2n) is 4.12. The SMILES string of the molecule is COC(=O)c1cc(-c2c[nH]c(=O)cc2C(=O)O)ccc1F. The first kappa shape index (κ1) is 14.4. The number of aromatic amines is 1. The van der Waals surface area contributed by atoms with Crippen LogP contribution in [0, 0.1) is 5.82 Å². The van der Waals surface area contributed by atoms with E-state index in [1.165, 1.54) is 18.3 Å². The third-order valence-corrected chi connectivity index (χ3v) is 2.84. The minimum Gasteiger partial charge on any atom is -0.478 e. The van der Waals surface area contributed by atoms with Crippen LogP contribution in [0.25, 0.3) is 11.1 Å². The second-order valence-corrected chi connectivity index (χ2v) is 4.12. The Bertz CT molecular complexity index is 781. The van der Waals surface area contributed by atoms with E-state index in [0.29, 0.717) is 0 Å². The van der Waals surface area contributed by atoms with E-state index in [9.17, 15) is 18.8 Å². The standard InChI is InChI=1S/C14H10FNO5/c1-21-14(20)9-4-7(2-3-11(9)15)10-6-16-12(17)5-8(10)13(18)19/h2-6H,1H3,(H,16,17)(H,18,19). The number of carbonyl (C=O) groups is 2. The van der Waals surface area contributed by atoms with Gasteiger partial charge in [-0.05, 0) is 17.7 Å². The molecule has 2 N–H and O–H groups in total. The molecule has 1 heterocycles. The van der Waals surface area contributed by atoms with Gasteiger partial charge in [0.25, 0.3) is 0 Å². The summed E-state index contributed by atoms with van der Waals surface area (Å²) in [6, 6.07) is 4.42. The molecule has 0 aliphatic heterocycles. The number of nitrogens with one attached hydrogen (secondary N) is 1.